The van der Waals surface area contributed by atoms with E-state index in [9.17, 15) is 13.2 Å². The Balaban J connectivity index is 1.64. The van der Waals surface area contributed by atoms with Gasteiger partial charge in [-0.1, -0.05) is 25.5 Å². The van der Waals surface area contributed by atoms with E-state index in [4.69, 9.17) is 4.74 Å². The van der Waals surface area contributed by atoms with Crippen LogP contribution in [-0.4, -0.2) is 56.8 Å². The maximum absolute atomic E-state index is 12.9. The van der Waals surface area contributed by atoms with Gasteiger partial charge in [0, 0.05) is 31.7 Å². The quantitative estimate of drug-likeness (QED) is 0.745. The molecule has 0 aromatic heterocycles. The largest absolute Gasteiger partial charge is 0.497 e. The number of carbonyl (C=O) groups excluding carboxylic acids is 1. The minimum atomic E-state index is -3.54. The van der Waals surface area contributed by atoms with Gasteiger partial charge in [0.05, 0.1) is 12.0 Å². The van der Waals surface area contributed by atoms with Gasteiger partial charge >= 0.3 is 0 Å². The molecular formula is C21H26N2O4S. The molecular weight excluding hydrogens is 376 g/mol. The zero-order chi connectivity index (χ0) is 20.1. The first-order valence-electron chi connectivity index (χ1n) is 9.48. The highest BCUT2D eigenvalue weighted by molar-refractivity contribution is 7.89. The predicted molar refractivity (Wildman–Crippen MR) is 108 cm³/mol. The average Bonchev–Trinajstić information content (AvgIpc) is 2.74. The molecule has 0 aliphatic carbocycles. The first-order chi connectivity index (χ1) is 13.5. The highest BCUT2D eigenvalue weighted by atomic mass is 32.2. The second-order valence-electron chi connectivity index (χ2n) is 6.82. The molecule has 0 saturated carbocycles. The molecule has 150 valence electrons. The van der Waals surface area contributed by atoms with Gasteiger partial charge in [-0.3, -0.25) is 4.79 Å². The smallest absolute Gasteiger partial charge is 0.253 e. The number of benzene rings is 2. The number of hydrogen-bond acceptors (Lipinski definition) is 4. The van der Waals surface area contributed by atoms with Crippen LogP contribution in [0.25, 0.3) is 0 Å². The fraction of sp³-hybridized carbons (Fsp3) is 0.381. The third-order valence-corrected chi connectivity index (χ3v) is 6.88. The first kappa shape index (κ1) is 20.4. The second-order valence-corrected chi connectivity index (χ2v) is 8.76. The molecule has 0 atom stereocenters. The summed E-state index contributed by atoms with van der Waals surface area (Å²) in [6, 6.07) is 14.0. The fourth-order valence-corrected chi connectivity index (χ4v) is 4.74. The summed E-state index contributed by atoms with van der Waals surface area (Å²) < 4.78 is 32.3. The lowest BCUT2D eigenvalue weighted by Crippen LogP contribution is -2.50. The maximum atomic E-state index is 12.9. The summed E-state index contributed by atoms with van der Waals surface area (Å²) in [6.45, 7) is 3.43. The van der Waals surface area contributed by atoms with E-state index >= 15 is 0 Å². The van der Waals surface area contributed by atoms with Gasteiger partial charge in [-0.2, -0.15) is 4.31 Å². The monoisotopic (exact) mass is 402 g/mol. The number of ether oxygens (including phenoxy) is 1. The van der Waals surface area contributed by atoms with Gasteiger partial charge in [0.25, 0.3) is 5.91 Å². The topological polar surface area (TPSA) is 66.9 Å². The van der Waals surface area contributed by atoms with Crippen molar-refractivity contribution in [2.24, 2.45) is 0 Å². The summed E-state index contributed by atoms with van der Waals surface area (Å²) in [5.41, 5.74) is 1.71. The first-order valence-corrected chi connectivity index (χ1v) is 10.9. The van der Waals surface area contributed by atoms with Crippen molar-refractivity contribution < 1.29 is 17.9 Å². The van der Waals surface area contributed by atoms with E-state index in [1.165, 1.54) is 4.31 Å². The fourth-order valence-electron chi connectivity index (χ4n) is 3.31. The molecule has 0 unspecified atom stereocenters. The Bertz CT molecular complexity index is 900. The van der Waals surface area contributed by atoms with Gasteiger partial charge in [0.1, 0.15) is 5.75 Å². The van der Waals surface area contributed by atoms with Crippen molar-refractivity contribution in [2.45, 2.75) is 24.7 Å². The molecule has 2 aromatic rings. The third kappa shape index (κ3) is 4.36. The number of methoxy groups -OCH3 is 1. The van der Waals surface area contributed by atoms with Crippen LogP contribution in [0.4, 0.5) is 0 Å². The molecule has 0 N–H and O–H groups in total. The van der Waals surface area contributed by atoms with Crippen molar-refractivity contribution in [3.63, 3.8) is 0 Å². The Hall–Kier alpha value is -2.38. The lowest BCUT2D eigenvalue weighted by Gasteiger charge is -2.34. The normalized spacial score (nSPS) is 15.4. The lowest BCUT2D eigenvalue weighted by molar-refractivity contribution is 0.0698. The zero-order valence-electron chi connectivity index (χ0n) is 16.3. The van der Waals surface area contributed by atoms with Crippen LogP contribution in [0.15, 0.2) is 53.4 Å². The molecule has 0 radical (unpaired) electrons. The van der Waals surface area contributed by atoms with Crippen molar-refractivity contribution in [1.82, 2.24) is 9.21 Å². The Kier molecular flexibility index (Phi) is 6.36. The minimum absolute atomic E-state index is 0.0939. The highest BCUT2D eigenvalue weighted by Crippen LogP contribution is 2.20. The minimum Gasteiger partial charge on any atom is -0.497 e. The summed E-state index contributed by atoms with van der Waals surface area (Å²) >= 11 is 0. The summed E-state index contributed by atoms with van der Waals surface area (Å²) in [6.07, 6.45) is 1.96. The Labute approximate surface area is 166 Å². The van der Waals surface area contributed by atoms with Gasteiger partial charge in [-0.25, -0.2) is 8.42 Å². The molecule has 2 aromatic carbocycles. The van der Waals surface area contributed by atoms with E-state index in [2.05, 4.69) is 6.92 Å². The third-order valence-electron chi connectivity index (χ3n) is 4.96. The van der Waals surface area contributed by atoms with Crippen molar-refractivity contribution in [3.05, 3.63) is 59.7 Å². The van der Waals surface area contributed by atoms with Gasteiger partial charge in [-0.05, 0) is 48.4 Å². The summed E-state index contributed by atoms with van der Waals surface area (Å²) in [7, 11) is -1.96. The number of carbonyl (C=O) groups is 1. The molecule has 28 heavy (non-hydrogen) atoms. The molecule has 1 aliphatic rings. The van der Waals surface area contributed by atoms with Crippen LogP contribution in [0.2, 0.25) is 0 Å². The van der Waals surface area contributed by atoms with E-state index in [1.54, 1.807) is 48.4 Å². The number of sulfonamides is 1. The summed E-state index contributed by atoms with van der Waals surface area (Å²) in [5.74, 6) is 0.598. The second kappa shape index (κ2) is 8.75. The molecule has 1 saturated heterocycles. The van der Waals surface area contributed by atoms with E-state index in [0.717, 1.165) is 18.4 Å². The van der Waals surface area contributed by atoms with Gasteiger partial charge in [-0.15, -0.1) is 0 Å². The lowest BCUT2D eigenvalue weighted by atomic mass is 10.1. The number of hydrogen-bond donors (Lipinski definition) is 0. The van der Waals surface area contributed by atoms with Crippen LogP contribution in [0, 0.1) is 0 Å². The van der Waals surface area contributed by atoms with Crippen LogP contribution in [-0.2, 0) is 16.4 Å². The zero-order valence-corrected chi connectivity index (χ0v) is 17.1. The molecule has 1 aliphatic heterocycles. The van der Waals surface area contributed by atoms with Gasteiger partial charge in [0.15, 0.2) is 0 Å². The van der Waals surface area contributed by atoms with Crippen LogP contribution >= 0.6 is 0 Å². The van der Waals surface area contributed by atoms with Crippen LogP contribution in [0.1, 0.15) is 29.3 Å². The highest BCUT2D eigenvalue weighted by Gasteiger charge is 2.30. The van der Waals surface area contributed by atoms with Crippen LogP contribution in [0.5, 0.6) is 5.75 Å². The Morgan fingerprint density at radius 3 is 2.11 bits per heavy atom. The predicted octanol–water partition coefficient (Wildman–Crippen LogP) is 2.79. The number of aryl methyl sites for hydroxylation is 1. The molecule has 0 spiro atoms. The standard InChI is InChI=1S/C21H26N2O4S/c1-3-4-17-5-11-20(12-6-17)28(25,26)23-15-13-22(14-16-23)21(24)18-7-9-19(27-2)10-8-18/h5-12H,3-4,13-16H2,1-2H3. The molecule has 1 fully saturated rings. The maximum Gasteiger partial charge on any atom is 0.253 e. The Morgan fingerprint density at radius 2 is 1.57 bits per heavy atom. The van der Waals surface area contributed by atoms with Crippen molar-refractivity contribution in [3.8, 4) is 5.75 Å². The van der Waals surface area contributed by atoms with Gasteiger partial charge in [0.2, 0.25) is 10.0 Å². The average molecular weight is 403 g/mol. The van der Waals surface area contributed by atoms with E-state index in [0.29, 0.717) is 42.4 Å². The van der Waals surface area contributed by atoms with E-state index in [1.807, 2.05) is 12.1 Å². The SMILES string of the molecule is CCCc1ccc(S(=O)(=O)N2CCN(C(=O)c3ccc(OC)cc3)CC2)cc1. The molecule has 0 bridgehead atoms. The van der Waals surface area contributed by atoms with Crippen molar-refractivity contribution in [1.29, 1.82) is 0 Å². The molecule has 1 heterocycles. The Morgan fingerprint density at radius 1 is 0.964 bits per heavy atom. The molecule has 7 heteroatoms. The van der Waals surface area contributed by atoms with E-state index in [-0.39, 0.29) is 5.91 Å². The molecule has 3 rings (SSSR count). The summed E-state index contributed by atoms with van der Waals surface area (Å²) in [5, 5.41) is 0. The number of piperazine rings is 1. The summed E-state index contributed by atoms with van der Waals surface area (Å²) in [4.78, 5) is 14.6. The van der Waals surface area contributed by atoms with E-state index < -0.39 is 10.0 Å². The molecule has 1 amide bonds. The number of nitrogens with zero attached hydrogens (tertiary/aromatic N) is 2. The van der Waals surface area contributed by atoms with Crippen molar-refractivity contribution >= 4 is 15.9 Å². The molecule has 6 nitrogen and oxygen atoms in total. The van der Waals surface area contributed by atoms with Crippen LogP contribution < -0.4 is 4.74 Å². The van der Waals surface area contributed by atoms with Crippen molar-refractivity contribution in [2.75, 3.05) is 33.3 Å². The van der Waals surface area contributed by atoms with Crippen LogP contribution in [0.3, 0.4) is 0 Å². The number of rotatable bonds is 6. The van der Waals surface area contributed by atoms with Gasteiger partial charge < -0.3 is 9.64 Å². The number of amides is 1.